The van der Waals surface area contributed by atoms with E-state index in [0.29, 0.717) is 31.0 Å². The van der Waals surface area contributed by atoms with Crippen LogP contribution in [-0.4, -0.2) is 41.8 Å². The van der Waals surface area contributed by atoms with Crippen molar-refractivity contribution in [2.45, 2.75) is 19.4 Å². The van der Waals surface area contributed by atoms with Crippen molar-refractivity contribution >= 4 is 35.7 Å². The highest BCUT2D eigenvalue weighted by Crippen LogP contribution is 2.22. The number of anilines is 2. The fourth-order valence-corrected chi connectivity index (χ4v) is 3.23. The fourth-order valence-electron chi connectivity index (χ4n) is 3.23. The number of carbonyl (C=O) groups excluding carboxylic acids is 2. The Morgan fingerprint density at radius 3 is 3.00 bits per heavy atom. The maximum absolute atomic E-state index is 12.6. The summed E-state index contributed by atoms with van der Waals surface area (Å²) in [6.45, 7) is 2.89. The summed E-state index contributed by atoms with van der Waals surface area (Å²) in [5.74, 6) is -0.249. The van der Waals surface area contributed by atoms with Gasteiger partial charge >= 0.3 is 6.03 Å². The van der Waals surface area contributed by atoms with Crippen molar-refractivity contribution < 1.29 is 9.59 Å². The summed E-state index contributed by atoms with van der Waals surface area (Å²) < 4.78 is 0. The second-order valence-corrected chi connectivity index (χ2v) is 6.20. The predicted octanol–water partition coefficient (Wildman–Crippen LogP) is 1.65. The zero-order chi connectivity index (χ0) is 17.2. The lowest BCUT2D eigenvalue weighted by Gasteiger charge is -2.27. The average Bonchev–Trinajstić information content (AvgIpc) is 3.06. The molecule has 1 saturated heterocycles. The van der Waals surface area contributed by atoms with Gasteiger partial charge in [0.1, 0.15) is 0 Å². The molecule has 0 atom stereocenters. The number of aromatic amines is 1. The van der Waals surface area contributed by atoms with E-state index in [0.717, 1.165) is 36.3 Å². The van der Waals surface area contributed by atoms with Crippen LogP contribution < -0.4 is 20.9 Å². The van der Waals surface area contributed by atoms with Crippen LogP contribution in [0.2, 0.25) is 0 Å². The van der Waals surface area contributed by atoms with E-state index in [9.17, 15) is 9.59 Å². The minimum Gasteiger partial charge on any atom is -0.338 e. The number of rotatable bonds is 3. The van der Waals surface area contributed by atoms with Gasteiger partial charge in [-0.2, -0.15) is 5.10 Å². The number of H-pyrrole nitrogens is 1. The molecule has 138 valence electrons. The zero-order valence-corrected chi connectivity index (χ0v) is 15.0. The number of nitrogens with one attached hydrogen (secondary N) is 4. The summed E-state index contributed by atoms with van der Waals surface area (Å²) in [5.41, 5.74) is 3.77. The quantitative estimate of drug-likeness (QED) is 0.654. The molecule has 4 N–H and O–H groups in total. The highest BCUT2D eigenvalue weighted by atomic mass is 35.5. The largest absolute Gasteiger partial charge is 0.338 e. The molecule has 0 radical (unpaired) electrons. The minimum absolute atomic E-state index is 0. The van der Waals surface area contributed by atoms with E-state index in [2.05, 4.69) is 26.1 Å². The van der Waals surface area contributed by atoms with Gasteiger partial charge in [-0.15, -0.1) is 12.4 Å². The molecule has 3 amide bonds. The van der Waals surface area contributed by atoms with Crippen LogP contribution >= 0.6 is 12.4 Å². The molecule has 26 heavy (non-hydrogen) atoms. The third-order valence-corrected chi connectivity index (χ3v) is 4.52. The second kappa shape index (κ2) is 7.76. The van der Waals surface area contributed by atoms with Gasteiger partial charge in [0, 0.05) is 55.2 Å². The Morgan fingerprint density at radius 2 is 2.15 bits per heavy atom. The Bertz CT molecular complexity index is 821. The third kappa shape index (κ3) is 3.51. The van der Waals surface area contributed by atoms with E-state index in [1.54, 1.807) is 17.0 Å². The number of urea groups is 1. The van der Waals surface area contributed by atoms with Gasteiger partial charge in [0.15, 0.2) is 5.69 Å². The molecule has 8 nitrogen and oxygen atoms in total. The molecule has 0 saturated carbocycles. The summed E-state index contributed by atoms with van der Waals surface area (Å²) in [5, 5.41) is 16.1. The number of halogens is 1. The van der Waals surface area contributed by atoms with Crippen molar-refractivity contribution in [3.63, 3.8) is 0 Å². The molecule has 1 aromatic carbocycles. The van der Waals surface area contributed by atoms with Crippen molar-refractivity contribution in [3.8, 4) is 0 Å². The molecule has 0 bridgehead atoms. The van der Waals surface area contributed by atoms with E-state index in [-0.39, 0.29) is 24.3 Å². The van der Waals surface area contributed by atoms with Gasteiger partial charge in [0.2, 0.25) is 0 Å². The standard InChI is InChI=1S/C17H20N6O2.ClH/c24-16(15-13-10-18-7-5-14(13)21-22-15)20-11-3-1-4-12(9-11)23-8-2-6-19-17(23)25;/h1,3-4,9,18H,2,5-8,10H2,(H,19,25)(H,20,24)(H,21,22);1H. The van der Waals surface area contributed by atoms with Crippen LogP contribution in [0, 0.1) is 0 Å². The van der Waals surface area contributed by atoms with Crippen molar-refractivity contribution in [1.82, 2.24) is 20.8 Å². The van der Waals surface area contributed by atoms with Crippen molar-refractivity contribution in [2.24, 2.45) is 0 Å². The molecule has 1 fully saturated rings. The summed E-state index contributed by atoms with van der Waals surface area (Å²) >= 11 is 0. The number of nitrogens with zero attached hydrogens (tertiary/aromatic N) is 2. The molecular weight excluding hydrogens is 356 g/mol. The number of carbonyl (C=O) groups is 2. The van der Waals surface area contributed by atoms with Crippen LogP contribution in [-0.2, 0) is 13.0 Å². The first-order valence-electron chi connectivity index (χ1n) is 8.46. The van der Waals surface area contributed by atoms with E-state index in [1.165, 1.54) is 0 Å². The normalized spacial score (nSPS) is 16.3. The highest BCUT2D eigenvalue weighted by Gasteiger charge is 2.22. The smallest absolute Gasteiger partial charge is 0.321 e. The number of hydrogen-bond donors (Lipinski definition) is 4. The summed E-state index contributed by atoms with van der Waals surface area (Å²) in [6.07, 6.45) is 1.74. The zero-order valence-electron chi connectivity index (χ0n) is 14.2. The monoisotopic (exact) mass is 376 g/mol. The fraction of sp³-hybridized carbons (Fsp3) is 0.353. The first-order valence-corrected chi connectivity index (χ1v) is 8.46. The molecule has 0 unspecified atom stereocenters. The second-order valence-electron chi connectivity index (χ2n) is 6.20. The van der Waals surface area contributed by atoms with Crippen molar-refractivity contribution in [3.05, 3.63) is 41.2 Å². The molecule has 3 heterocycles. The molecule has 0 aliphatic carbocycles. The van der Waals surface area contributed by atoms with Gasteiger partial charge < -0.3 is 16.0 Å². The SMILES string of the molecule is Cl.O=C(Nc1cccc(N2CCCNC2=O)c1)c1n[nH]c2c1CNCC2. The maximum atomic E-state index is 12.6. The number of aromatic nitrogens is 2. The molecule has 2 aliphatic rings. The maximum Gasteiger partial charge on any atom is 0.321 e. The van der Waals surface area contributed by atoms with Crippen LogP contribution in [0.1, 0.15) is 28.2 Å². The van der Waals surface area contributed by atoms with Crippen LogP contribution in [0.4, 0.5) is 16.2 Å². The van der Waals surface area contributed by atoms with Crippen molar-refractivity contribution in [2.75, 3.05) is 29.9 Å². The van der Waals surface area contributed by atoms with Gasteiger partial charge in [-0.3, -0.25) is 14.8 Å². The van der Waals surface area contributed by atoms with E-state index in [1.807, 2.05) is 12.1 Å². The lowest BCUT2D eigenvalue weighted by atomic mass is 10.1. The average molecular weight is 377 g/mol. The number of fused-ring (bicyclic) bond motifs is 1. The molecule has 2 aromatic rings. The molecule has 1 aromatic heterocycles. The molecule has 4 rings (SSSR count). The Kier molecular flexibility index (Phi) is 5.43. The van der Waals surface area contributed by atoms with Gasteiger partial charge in [-0.1, -0.05) is 6.07 Å². The Morgan fingerprint density at radius 1 is 1.27 bits per heavy atom. The number of amides is 3. The highest BCUT2D eigenvalue weighted by molar-refractivity contribution is 6.04. The minimum atomic E-state index is -0.249. The van der Waals surface area contributed by atoms with E-state index >= 15 is 0 Å². The lowest BCUT2D eigenvalue weighted by molar-refractivity contribution is 0.102. The molecular formula is C17H21ClN6O2. The lowest BCUT2D eigenvalue weighted by Crippen LogP contribution is -2.46. The van der Waals surface area contributed by atoms with Crippen molar-refractivity contribution in [1.29, 1.82) is 0 Å². The van der Waals surface area contributed by atoms with E-state index < -0.39 is 0 Å². The van der Waals surface area contributed by atoms with Gasteiger partial charge in [0.05, 0.1) is 0 Å². The Labute approximate surface area is 157 Å². The molecule has 9 heteroatoms. The van der Waals surface area contributed by atoms with Gasteiger partial charge in [-0.05, 0) is 24.6 Å². The van der Waals surface area contributed by atoms with Crippen LogP contribution in [0.5, 0.6) is 0 Å². The van der Waals surface area contributed by atoms with Crippen LogP contribution in [0.15, 0.2) is 24.3 Å². The number of hydrogen-bond acceptors (Lipinski definition) is 4. The van der Waals surface area contributed by atoms with Gasteiger partial charge in [0.25, 0.3) is 5.91 Å². The van der Waals surface area contributed by atoms with E-state index in [4.69, 9.17) is 0 Å². The van der Waals surface area contributed by atoms with Crippen LogP contribution in [0.25, 0.3) is 0 Å². The topological polar surface area (TPSA) is 102 Å². The van der Waals surface area contributed by atoms with Crippen LogP contribution in [0.3, 0.4) is 0 Å². The Balaban J connectivity index is 0.00000196. The molecule has 2 aliphatic heterocycles. The first kappa shape index (κ1) is 18.2. The van der Waals surface area contributed by atoms with Gasteiger partial charge in [-0.25, -0.2) is 4.79 Å². The summed E-state index contributed by atoms with van der Waals surface area (Å²) in [6, 6.07) is 7.19. The predicted molar refractivity (Wildman–Crippen MR) is 101 cm³/mol. The Hall–Kier alpha value is -2.58. The summed E-state index contributed by atoms with van der Waals surface area (Å²) in [7, 11) is 0. The third-order valence-electron chi connectivity index (χ3n) is 4.52. The molecule has 0 spiro atoms. The number of benzene rings is 1. The first-order chi connectivity index (χ1) is 12.2. The summed E-state index contributed by atoms with van der Waals surface area (Å²) in [4.78, 5) is 26.2.